The molecule has 0 radical (unpaired) electrons. The summed E-state index contributed by atoms with van der Waals surface area (Å²) in [6.07, 6.45) is 5.50. The molecule has 2 aliphatic rings. The van der Waals surface area contributed by atoms with Gasteiger partial charge in [0, 0.05) is 31.9 Å². The lowest BCUT2D eigenvalue weighted by Crippen LogP contribution is -2.46. The highest BCUT2D eigenvalue weighted by atomic mass is 16.5. The minimum Gasteiger partial charge on any atom is -0.477 e. The third-order valence-electron chi connectivity index (χ3n) is 5.24. The molecular weight excluding hydrogens is 344 g/mol. The van der Waals surface area contributed by atoms with E-state index in [2.05, 4.69) is 48.1 Å². The summed E-state index contributed by atoms with van der Waals surface area (Å²) >= 11 is 0. The first kappa shape index (κ1) is 16.4. The maximum Gasteiger partial charge on any atom is 0.224 e. The quantitative estimate of drug-likeness (QED) is 0.656. The fourth-order valence-electron chi connectivity index (χ4n) is 3.44. The zero-order chi connectivity index (χ0) is 18.1. The summed E-state index contributed by atoms with van der Waals surface area (Å²) in [6.45, 7) is 5.32. The van der Waals surface area contributed by atoms with E-state index in [0.717, 1.165) is 56.1 Å². The van der Waals surface area contributed by atoms with Gasteiger partial charge in [0.2, 0.25) is 12.3 Å². The molecule has 1 aromatic carbocycles. The first-order valence-electron chi connectivity index (χ1n) is 9.45. The van der Waals surface area contributed by atoms with Gasteiger partial charge >= 0.3 is 0 Å². The Morgan fingerprint density at radius 1 is 1.07 bits per heavy atom. The van der Waals surface area contributed by atoms with Gasteiger partial charge in [-0.2, -0.15) is 4.98 Å². The number of ether oxygens (including phenoxy) is 1. The molecule has 0 spiro atoms. The summed E-state index contributed by atoms with van der Waals surface area (Å²) < 4.78 is 10.8. The molecule has 3 aromatic rings. The average Bonchev–Trinajstić information content (AvgIpc) is 3.41. The van der Waals surface area contributed by atoms with Crippen molar-refractivity contribution in [2.24, 2.45) is 5.92 Å². The molecule has 0 bridgehead atoms. The predicted octanol–water partition coefficient (Wildman–Crippen LogP) is 2.12. The molecule has 5 rings (SSSR count). The molecule has 2 aromatic heterocycles. The molecule has 140 valence electrons. The molecule has 0 amide bonds. The topological polar surface area (TPSA) is 80.4 Å². The molecule has 3 heterocycles. The molecule has 1 saturated carbocycles. The number of hydrogen-bond acceptors (Lipinski definition) is 8. The van der Waals surface area contributed by atoms with Crippen LogP contribution in [0.3, 0.4) is 0 Å². The second-order valence-corrected chi connectivity index (χ2v) is 7.25. The SMILES string of the molecule is c1nc(OCC2CC2)c2cc(N3CCN(Cc4ncon4)CC3)ccc2n1. The summed E-state index contributed by atoms with van der Waals surface area (Å²) in [6, 6.07) is 6.35. The lowest BCUT2D eigenvalue weighted by molar-refractivity contribution is 0.240. The maximum atomic E-state index is 5.96. The molecule has 8 nitrogen and oxygen atoms in total. The summed E-state index contributed by atoms with van der Waals surface area (Å²) in [5.74, 6) is 2.14. The Balaban J connectivity index is 1.29. The zero-order valence-corrected chi connectivity index (χ0v) is 15.1. The predicted molar refractivity (Wildman–Crippen MR) is 99.5 cm³/mol. The molecule has 2 fully saturated rings. The van der Waals surface area contributed by atoms with Gasteiger partial charge < -0.3 is 14.2 Å². The molecule has 1 aliphatic carbocycles. The van der Waals surface area contributed by atoms with Crippen molar-refractivity contribution >= 4 is 16.6 Å². The number of nitrogens with zero attached hydrogens (tertiary/aromatic N) is 6. The van der Waals surface area contributed by atoms with Crippen LogP contribution in [0.5, 0.6) is 5.88 Å². The zero-order valence-electron chi connectivity index (χ0n) is 15.1. The average molecular weight is 366 g/mol. The van der Waals surface area contributed by atoms with Gasteiger partial charge in [-0.3, -0.25) is 4.90 Å². The van der Waals surface area contributed by atoms with Crippen LogP contribution >= 0.6 is 0 Å². The van der Waals surface area contributed by atoms with E-state index >= 15 is 0 Å². The van der Waals surface area contributed by atoms with E-state index in [0.29, 0.717) is 11.8 Å². The van der Waals surface area contributed by atoms with Crippen molar-refractivity contribution in [3.05, 3.63) is 36.7 Å². The van der Waals surface area contributed by atoms with E-state index in [4.69, 9.17) is 9.26 Å². The number of benzene rings is 1. The first-order valence-corrected chi connectivity index (χ1v) is 9.45. The van der Waals surface area contributed by atoms with Gasteiger partial charge in [-0.15, -0.1) is 0 Å². The molecule has 0 atom stereocenters. The van der Waals surface area contributed by atoms with Crippen LogP contribution in [0.4, 0.5) is 5.69 Å². The van der Waals surface area contributed by atoms with E-state index in [1.807, 2.05) is 0 Å². The number of aromatic nitrogens is 4. The van der Waals surface area contributed by atoms with Gasteiger partial charge in [-0.25, -0.2) is 9.97 Å². The Bertz CT molecular complexity index is 904. The second-order valence-electron chi connectivity index (χ2n) is 7.25. The first-order chi connectivity index (χ1) is 13.3. The molecule has 0 unspecified atom stereocenters. The van der Waals surface area contributed by atoms with Crippen molar-refractivity contribution in [2.75, 3.05) is 37.7 Å². The van der Waals surface area contributed by atoms with Crippen molar-refractivity contribution in [3.8, 4) is 5.88 Å². The Morgan fingerprint density at radius 3 is 2.74 bits per heavy atom. The summed E-state index contributed by atoms with van der Waals surface area (Å²) in [4.78, 5) is 17.6. The highest BCUT2D eigenvalue weighted by molar-refractivity contribution is 5.86. The number of fused-ring (bicyclic) bond motifs is 1. The minimum atomic E-state index is 0.699. The fraction of sp³-hybridized carbons (Fsp3) is 0.474. The normalized spacial score (nSPS) is 18.1. The largest absolute Gasteiger partial charge is 0.477 e. The third-order valence-corrected chi connectivity index (χ3v) is 5.24. The van der Waals surface area contributed by atoms with Crippen molar-refractivity contribution < 1.29 is 9.26 Å². The monoisotopic (exact) mass is 366 g/mol. The number of piperazine rings is 1. The molecule has 1 aliphatic heterocycles. The van der Waals surface area contributed by atoms with Crippen LogP contribution in [-0.2, 0) is 6.54 Å². The van der Waals surface area contributed by atoms with E-state index in [9.17, 15) is 0 Å². The van der Waals surface area contributed by atoms with Crippen LogP contribution in [0, 0.1) is 5.92 Å². The van der Waals surface area contributed by atoms with Crippen LogP contribution in [0.2, 0.25) is 0 Å². The fourth-order valence-corrected chi connectivity index (χ4v) is 3.44. The lowest BCUT2D eigenvalue weighted by atomic mass is 10.2. The Morgan fingerprint density at radius 2 is 1.96 bits per heavy atom. The highest BCUT2D eigenvalue weighted by Gasteiger charge is 2.23. The van der Waals surface area contributed by atoms with Crippen LogP contribution in [0.25, 0.3) is 10.9 Å². The van der Waals surface area contributed by atoms with Crippen LogP contribution < -0.4 is 9.64 Å². The van der Waals surface area contributed by atoms with Gasteiger partial charge in [-0.05, 0) is 37.0 Å². The Labute approximate surface area is 157 Å². The van der Waals surface area contributed by atoms with Gasteiger partial charge in [0.25, 0.3) is 0 Å². The molecule has 0 N–H and O–H groups in total. The molecule has 1 saturated heterocycles. The van der Waals surface area contributed by atoms with E-state index in [1.165, 1.54) is 24.9 Å². The summed E-state index contributed by atoms with van der Waals surface area (Å²) in [5, 5.41) is 4.89. The Kier molecular flexibility index (Phi) is 4.33. The van der Waals surface area contributed by atoms with E-state index in [1.54, 1.807) is 6.33 Å². The second kappa shape index (κ2) is 7.11. The van der Waals surface area contributed by atoms with Crippen molar-refractivity contribution in [1.29, 1.82) is 0 Å². The number of rotatable bonds is 6. The Hall–Kier alpha value is -2.74. The van der Waals surface area contributed by atoms with Gasteiger partial charge in [0.15, 0.2) is 5.82 Å². The molecule has 27 heavy (non-hydrogen) atoms. The summed E-state index contributed by atoms with van der Waals surface area (Å²) in [7, 11) is 0. The van der Waals surface area contributed by atoms with Crippen LogP contribution in [0.15, 0.2) is 35.4 Å². The minimum absolute atomic E-state index is 0.699. The maximum absolute atomic E-state index is 5.96. The standard InChI is InChI=1S/C19H22N6O2/c1-2-14(1)11-26-19-16-9-15(3-4-17(16)20-12-21-19)25-7-5-24(6-8-25)10-18-22-13-27-23-18/h3-4,9,12-14H,1-2,5-8,10-11H2. The third kappa shape index (κ3) is 3.71. The van der Waals surface area contributed by atoms with Gasteiger partial charge in [0.05, 0.1) is 24.1 Å². The van der Waals surface area contributed by atoms with E-state index in [-0.39, 0.29) is 0 Å². The van der Waals surface area contributed by atoms with Crippen molar-refractivity contribution in [2.45, 2.75) is 19.4 Å². The van der Waals surface area contributed by atoms with Crippen molar-refractivity contribution in [3.63, 3.8) is 0 Å². The molecular formula is C19H22N6O2. The smallest absolute Gasteiger partial charge is 0.224 e. The number of hydrogen-bond donors (Lipinski definition) is 0. The van der Waals surface area contributed by atoms with Crippen LogP contribution in [-0.4, -0.2) is 57.8 Å². The lowest BCUT2D eigenvalue weighted by Gasteiger charge is -2.35. The molecule has 8 heteroatoms. The summed E-state index contributed by atoms with van der Waals surface area (Å²) in [5.41, 5.74) is 2.11. The highest BCUT2D eigenvalue weighted by Crippen LogP contribution is 2.32. The number of anilines is 1. The van der Waals surface area contributed by atoms with E-state index < -0.39 is 0 Å². The van der Waals surface area contributed by atoms with Crippen molar-refractivity contribution in [1.82, 2.24) is 25.0 Å². The van der Waals surface area contributed by atoms with Gasteiger partial charge in [0.1, 0.15) is 6.33 Å². The van der Waals surface area contributed by atoms with Gasteiger partial charge in [-0.1, -0.05) is 5.16 Å². The van der Waals surface area contributed by atoms with Crippen LogP contribution in [0.1, 0.15) is 18.7 Å².